The van der Waals surface area contributed by atoms with Crippen LogP contribution in [0.25, 0.3) is 11.4 Å². The van der Waals surface area contributed by atoms with Crippen molar-refractivity contribution in [3.05, 3.63) is 71.9 Å². The summed E-state index contributed by atoms with van der Waals surface area (Å²) in [7, 11) is 0. The van der Waals surface area contributed by atoms with Crippen molar-refractivity contribution in [1.82, 2.24) is 15.0 Å². The molecule has 5 nitrogen and oxygen atoms in total. The quantitative estimate of drug-likeness (QED) is 0.729. The van der Waals surface area contributed by atoms with Crippen LogP contribution in [0.1, 0.15) is 17.6 Å². The summed E-state index contributed by atoms with van der Waals surface area (Å²) >= 11 is 0. The van der Waals surface area contributed by atoms with E-state index >= 15 is 0 Å². The molecule has 1 aromatic heterocycles. The fourth-order valence-electron chi connectivity index (χ4n) is 2.91. The summed E-state index contributed by atoms with van der Waals surface area (Å²) in [6.45, 7) is 2.80. The van der Waals surface area contributed by atoms with Crippen LogP contribution in [-0.4, -0.2) is 34.7 Å². The second-order valence-electron chi connectivity index (χ2n) is 6.04. The van der Waals surface area contributed by atoms with Crippen LogP contribution in [-0.2, 0) is 11.3 Å². The zero-order valence-electron chi connectivity index (χ0n) is 13.6. The molecule has 25 heavy (non-hydrogen) atoms. The van der Waals surface area contributed by atoms with Crippen molar-refractivity contribution in [2.75, 3.05) is 19.7 Å². The van der Waals surface area contributed by atoms with E-state index in [0.717, 1.165) is 24.2 Å². The van der Waals surface area contributed by atoms with Gasteiger partial charge in [0.05, 0.1) is 6.61 Å². The fraction of sp³-hybridized carbons (Fsp3) is 0.263. The van der Waals surface area contributed by atoms with Crippen LogP contribution < -0.4 is 0 Å². The molecule has 0 spiro atoms. The summed E-state index contributed by atoms with van der Waals surface area (Å²) in [5, 5.41) is 4.05. The number of benzene rings is 2. The molecule has 1 saturated heterocycles. The van der Waals surface area contributed by atoms with Gasteiger partial charge in [0, 0.05) is 25.2 Å². The van der Waals surface area contributed by atoms with Gasteiger partial charge >= 0.3 is 0 Å². The minimum Gasteiger partial charge on any atom is -0.366 e. The van der Waals surface area contributed by atoms with Crippen LogP contribution in [0.15, 0.2) is 59.1 Å². The number of rotatable bonds is 4. The number of nitrogens with zero attached hydrogens (tertiary/aromatic N) is 3. The third-order valence-corrected chi connectivity index (χ3v) is 4.22. The Morgan fingerprint density at radius 3 is 2.68 bits per heavy atom. The molecule has 0 amide bonds. The number of morpholine rings is 1. The van der Waals surface area contributed by atoms with E-state index < -0.39 is 0 Å². The molecule has 2 aromatic carbocycles. The number of ether oxygens (including phenoxy) is 1. The lowest BCUT2D eigenvalue weighted by atomic mass is 10.2. The zero-order chi connectivity index (χ0) is 17.1. The van der Waals surface area contributed by atoms with Crippen molar-refractivity contribution >= 4 is 0 Å². The predicted molar refractivity (Wildman–Crippen MR) is 90.1 cm³/mol. The van der Waals surface area contributed by atoms with Gasteiger partial charge in [-0.3, -0.25) is 4.90 Å². The van der Waals surface area contributed by atoms with Gasteiger partial charge in [-0.05, 0) is 17.7 Å². The van der Waals surface area contributed by atoms with Gasteiger partial charge in [-0.1, -0.05) is 47.6 Å². The maximum atomic E-state index is 13.0. The Morgan fingerprint density at radius 2 is 1.88 bits per heavy atom. The van der Waals surface area contributed by atoms with E-state index in [1.54, 1.807) is 12.1 Å². The van der Waals surface area contributed by atoms with Gasteiger partial charge in [0.1, 0.15) is 11.9 Å². The summed E-state index contributed by atoms with van der Waals surface area (Å²) in [5.41, 5.74) is 1.98. The molecule has 0 N–H and O–H groups in total. The summed E-state index contributed by atoms with van der Waals surface area (Å²) < 4.78 is 24.2. The van der Waals surface area contributed by atoms with Gasteiger partial charge in [-0.2, -0.15) is 4.98 Å². The lowest BCUT2D eigenvalue weighted by Gasteiger charge is -2.31. The minimum atomic E-state index is -0.251. The average molecular weight is 339 g/mol. The summed E-state index contributed by atoms with van der Waals surface area (Å²) in [6.07, 6.45) is -0.251. The molecule has 128 valence electrons. The van der Waals surface area contributed by atoms with Crippen LogP contribution >= 0.6 is 0 Å². The molecule has 0 aliphatic carbocycles. The Kier molecular flexibility index (Phi) is 4.54. The van der Waals surface area contributed by atoms with E-state index in [-0.39, 0.29) is 11.9 Å². The average Bonchev–Trinajstić information content (AvgIpc) is 3.15. The van der Waals surface area contributed by atoms with Crippen LogP contribution in [0.5, 0.6) is 0 Å². The topological polar surface area (TPSA) is 51.4 Å². The van der Waals surface area contributed by atoms with E-state index in [0.29, 0.717) is 24.9 Å². The molecular weight excluding hydrogens is 321 g/mol. The Morgan fingerprint density at radius 1 is 1.08 bits per heavy atom. The van der Waals surface area contributed by atoms with E-state index in [1.165, 1.54) is 12.1 Å². The standard InChI is InChI=1S/C19H18FN3O2/c20-16-8-6-14(7-9-16)12-23-10-11-24-17(13-23)19-21-18(22-25-19)15-4-2-1-3-5-15/h1-9,17H,10-13H2. The van der Waals surface area contributed by atoms with Crippen molar-refractivity contribution in [2.45, 2.75) is 12.6 Å². The van der Waals surface area contributed by atoms with Crippen LogP contribution in [0.2, 0.25) is 0 Å². The monoisotopic (exact) mass is 339 g/mol. The SMILES string of the molecule is Fc1ccc(CN2CCOC(c3nc(-c4ccccc4)no3)C2)cc1. The van der Waals surface area contributed by atoms with Gasteiger partial charge < -0.3 is 9.26 Å². The minimum absolute atomic E-state index is 0.220. The molecular formula is C19H18FN3O2. The highest BCUT2D eigenvalue weighted by Crippen LogP contribution is 2.24. The van der Waals surface area contributed by atoms with E-state index in [2.05, 4.69) is 15.0 Å². The first kappa shape index (κ1) is 15.9. The smallest absolute Gasteiger partial charge is 0.257 e. The van der Waals surface area contributed by atoms with E-state index in [9.17, 15) is 4.39 Å². The number of aromatic nitrogens is 2. The molecule has 1 atom stereocenters. The first-order valence-electron chi connectivity index (χ1n) is 8.25. The molecule has 6 heteroatoms. The second-order valence-corrected chi connectivity index (χ2v) is 6.04. The second kappa shape index (κ2) is 7.13. The first-order valence-corrected chi connectivity index (χ1v) is 8.25. The number of halogens is 1. The number of hydrogen-bond acceptors (Lipinski definition) is 5. The molecule has 0 radical (unpaired) electrons. The molecule has 1 unspecified atom stereocenters. The van der Waals surface area contributed by atoms with Gasteiger partial charge in [-0.25, -0.2) is 4.39 Å². The Balaban J connectivity index is 1.44. The zero-order valence-corrected chi connectivity index (χ0v) is 13.6. The maximum Gasteiger partial charge on any atom is 0.257 e. The van der Waals surface area contributed by atoms with Crippen molar-refractivity contribution in [2.24, 2.45) is 0 Å². The maximum absolute atomic E-state index is 13.0. The first-order chi connectivity index (χ1) is 12.3. The van der Waals surface area contributed by atoms with Crippen molar-refractivity contribution in [3.8, 4) is 11.4 Å². The normalized spacial score (nSPS) is 18.4. The largest absolute Gasteiger partial charge is 0.366 e. The molecule has 0 bridgehead atoms. The molecule has 3 aromatic rings. The highest BCUT2D eigenvalue weighted by Gasteiger charge is 2.27. The molecule has 1 aliphatic heterocycles. The summed E-state index contributed by atoms with van der Waals surface area (Å²) in [4.78, 5) is 6.72. The highest BCUT2D eigenvalue weighted by molar-refractivity contribution is 5.53. The lowest BCUT2D eigenvalue weighted by Crippen LogP contribution is -2.37. The Bertz CT molecular complexity index is 820. The molecule has 4 rings (SSSR count). The molecule has 0 saturated carbocycles. The van der Waals surface area contributed by atoms with Crippen LogP contribution in [0.3, 0.4) is 0 Å². The lowest BCUT2D eigenvalue weighted by molar-refractivity contribution is -0.0475. The van der Waals surface area contributed by atoms with Crippen molar-refractivity contribution in [1.29, 1.82) is 0 Å². The highest BCUT2D eigenvalue weighted by atomic mass is 19.1. The Hall–Kier alpha value is -2.57. The van der Waals surface area contributed by atoms with Crippen LogP contribution in [0.4, 0.5) is 4.39 Å². The van der Waals surface area contributed by atoms with Crippen molar-refractivity contribution < 1.29 is 13.7 Å². The van der Waals surface area contributed by atoms with Gasteiger partial charge in [0.25, 0.3) is 5.89 Å². The molecule has 1 aliphatic rings. The van der Waals surface area contributed by atoms with E-state index in [1.807, 2.05) is 30.3 Å². The number of hydrogen-bond donors (Lipinski definition) is 0. The van der Waals surface area contributed by atoms with E-state index in [4.69, 9.17) is 9.26 Å². The van der Waals surface area contributed by atoms with Gasteiger partial charge in [-0.15, -0.1) is 0 Å². The summed E-state index contributed by atoms with van der Waals surface area (Å²) in [5.74, 6) is 0.834. The van der Waals surface area contributed by atoms with Crippen LogP contribution in [0, 0.1) is 5.82 Å². The summed E-state index contributed by atoms with van der Waals surface area (Å²) in [6, 6.07) is 16.3. The molecule has 1 fully saturated rings. The fourth-order valence-corrected chi connectivity index (χ4v) is 2.91. The van der Waals surface area contributed by atoms with Gasteiger partial charge in [0.15, 0.2) is 0 Å². The van der Waals surface area contributed by atoms with Gasteiger partial charge in [0.2, 0.25) is 5.82 Å². The third-order valence-electron chi connectivity index (χ3n) is 4.22. The predicted octanol–water partition coefficient (Wildman–Crippen LogP) is 3.45. The Labute approximate surface area is 145 Å². The third kappa shape index (κ3) is 3.75. The molecule has 2 heterocycles. The van der Waals surface area contributed by atoms with Crippen molar-refractivity contribution in [3.63, 3.8) is 0 Å².